The maximum Gasteiger partial charge on any atom is 0.340 e. The van der Waals surface area contributed by atoms with E-state index < -0.39 is 59.5 Å². The molecule has 160 valence electrons. The molecule has 3 saturated heterocycles. The normalized spacial score (nSPS) is 45.4. The molecule has 10 heteroatoms. The average molecular weight is 412 g/mol. The van der Waals surface area contributed by atoms with Gasteiger partial charge in [0.05, 0.1) is 16.7 Å². The largest absolute Gasteiger partial charge is 0.461 e. The third kappa shape index (κ3) is 2.89. The van der Waals surface area contributed by atoms with Gasteiger partial charge in [-0.05, 0) is 20.3 Å². The van der Waals surface area contributed by atoms with E-state index in [9.17, 15) is 24.6 Å². The van der Waals surface area contributed by atoms with Crippen LogP contribution in [0.1, 0.15) is 47.0 Å². The van der Waals surface area contributed by atoms with Gasteiger partial charge in [-0.15, -0.1) is 0 Å². The summed E-state index contributed by atoms with van der Waals surface area (Å²) in [5, 5.41) is 22.4. The molecular formula is C19H24O10. The molecule has 2 bridgehead atoms. The lowest BCUT2D eigenvalue weighted by Crippen LogP contribution is -2.65. The van der Waals surface area contributed by atoms with Gasteiger partial charge in [0.1, 0.15) is 18.3 Å². The molecule has 1 spiro atoms. The Morgan fingerprint density at radius 1 is 1.17 bits per heavy atom. The van der Waals surface area contributed by atoms with Gasteiger partial charge in [0.25, 0.3) is 5.79 Å². The standard InChI is InChI=1S/C19H24O10/c1-9(20)25-8-11-13-12(26-10(2)21)7-17(4)18(29-17)6-5-16(3,23)15(28-18)19(13,24)27-14(11)22/h12,15,23-24H,5-8H2,1-4H3. The highest BCUT2D eigenvalue weighted by Crippen LogP contribution is 2.63. The molecule has 6 unspecified atom stereocenters. The van der Waals surface area contributed by atoms with E-state index in [1.54, 1.807) is 6.92 Å². The van der Waals surface area contributed by atoms with Gasteiger partial charge in [-0.1, -0.05) is 0 Å². The fourth-order valence-electron chi connectivity index (χ4n) is 4.70. The van der Waals surface area contributed by atoms with Crippen LogP contribution in [0.25, 0.3) is 0 Å². The molecule has 0 aromatic heterocycles. The van der Waals surface area contributed by atoms with Crippen molar-refractivity contribution in [3.8, 4) is 0 Å². The van der Waals surface area contributed by atoms with Crippen molar-refractivity contribution < 1.29 is 48.3 Å². The smallest absolute Gasteiger partial charge is 0.340 e. The third-order valence-electron chi connectivity index (χ3n) is 6.17. The van der Waals surface area contributed by atoms with Crippen LogP contribution < -0.4 is 0 Å². The first-order valence-electron chi connectivity index (χ1n) is 9.44. The summed E-state index contributed by atoms with van der Waals surface area (Å²) in [6.45, 7) is 5.11. The number of carbonyl (C=O) groups excluding carboxylic acids is 3. The van der Waals surface area contributed by atoms with Crippen molar-refractivity contribution in [1.29, 1.82) is 0 Å². The van der Waals surface area contributed by atoms with Gasteiger partial charge < -0.3 is 33.9 Å². The lowest BCUT2D eigenvalue weighted by Gasteiger charge is -2.48. The SMILES string of the molecule is CC(=O)OCC1=C2C(OC(C)=O)CC3(C)OC34CCC(C)(O)C(O4)C2(O)OC1=O. The van der Waals surface area contributed by atoms with Crippen LogP contribution in [0.4, 0.5) is 0 Å². The Kier molecular flexibility index (Phi) is 4.20. The van der Waals surface area contributed by atoms with E-state index in [4.69, 9.17) is 23.7 Å². The summed E-state index contributed by atoms with van der Waals surface area (Å²) in [4.78, 5) is 35.7. The van der Waals surface area contributed by atoms with Crippen LogP contribution in [0.2, 0.25) is 0 Å². The van der Waals surface area contributed by atoms with Gasteiger partial charge >= 0.3 is 17.9 Å². The van der Waals surface area contributed by atoms with E-state index in [-0.39, 0.29) is 24.0 Å². The molecule has 0 amide bonds. The third-order valence-corrected chi connectivity index (χ3v) is 6.17. The fourth-order valence-corrected chi connectivity index (χ4v) is 4.70. The summed E-state index contributed by atoms with van der Waals surface area (Å²) < 4.78 is 27.6. The van der Waals surface area contributed by atoms with E-state index in [1.165, 1.54) is 20.8 Å². The van der Waals surface area contributed by atoms with E-state index in [2.05, 4.69) is 0 Å². The summed E-state index contributed by atoms with van der Waals surface area (Å²) in [6.07, 6.45) is -1.86. The van der Waals surface area contributed by atoms with E-state index in [0.717, 1.165) is 0 Å². The first kappa shape index (κ1) is 20.3. The molecule has 2 N–H and O–H groups in total. The number of fused-ring (bicyclic) bond motifs is 3. The van der Waals surface area contributed by atoms with Crippen LogP contribution in [0.5, 0.6) is 0 Å². The molecule has 0 saturated carbocycles. The Hall–Kier alpha value is -2.01. The lowest BCUT2D eigenvalue weighted by molar-refractivity contribution is -0.314. The zero-order valence-corrected chi connectivity index (χ0v) is 16.6. The van der Waals surface area contributed by atoms with Crippen molar-refractivity contribution in [2.24, 2.45) is 0 Å². The average Bonchev–Trinajstić information content (AvgIpc) is 3.02. The molecule has 4 aliphatic heterocycles. The molecule has 10 nitrogen and oxygen atoms in total. The van der Waals surface area contributed by atoms with Gasteiger partial charge in [0.15, 0.2) is 11.9 Å². The van der Waals surface area contributed by atoms with Crippen LogP contribution in [0, 0.1) is 0 Å². The Balaban J connectivity index is 1.88. The highest BCUT2D eigenvalue weighted by molar-refractivity contribution is 5.94. The summed E-state index contributed by atoms with van der Waals surface area (Å²) in [5.74, 6) is -5.75. The minimum atomic E-state index is -2.42. The van der Waals surface area contributed by atoms with Crippen molar-refractivity contribution in [3.05, 3.63) is 11.1 Å². The van der Waals surface area contributed by atoms with Crippen LogP contribution in [-0.2, 0) is 38.1 Å². The molecule has 0 aromatic rings. The molecule has 3 fully saturated rings. The fraction of sp³-hybridized carbons (Fsp3) is 0.737. The molecule has 0 radical (unpaired) electrons. The van der Waals surface area contributed by atoms with Crippen molar-refractivity contribution in [2.75, 3.05) is 6.61 Å². The summed E-state index contributed by atoms with van der Waals surface area (Å²) in [6, 6.07) is 0. The maximum atomic E-state index is 12.6. The number of rotatable bonds is 3. The van der Waals surface area contributed by atoms with Gasteiger partial charge in [-0.2, -0.15) is 0 Å². The Labute approximate surface area is 166 Å². The van der Waals surface area contributed by atoms with E-state index >= 15 is 0 Å². The number of hydrogen-bond acceptors (Lipinski definition) is 10. The first-order chi connectivity index (χ1) is 13.3. The number of ether oxygens (including phenoxy) is 5. The lowest BCUT2D eigenvalue weighted by atomic mass is 9.74. The van der Waals surface area contributed by atoms with Crippen LogP contribution in [0.15, 0.2) is 11.1 Å². The van der Waals surface area contributed by atoms with Gasteiger partial charge in [-0.25, -0.2) is 4.79 Å². The summed E-state index contributed by atoms with van der Waals surface area (Å²) >= 11 is 0. The van der Waals surface area contributed by atoms with E-state index in [1.807, 2.05) is 0 Å². The Bertz CT molecular complexity index is 831. The number of aliphatic hydroxyl groups is 2. The zero-order chi connectivity index (χ0) is 21.4. The monoisotopic (exact) mass is 412 g/mol. The van der Waals surface area contributed by atoms with Crippen molar-refractivity contribution in [1.82, 2.24) is 0 Å². The predicted molar refractivity (Wildman–Crippen MR) is 91.8 cm³/mol. The Morgan fingerprint density at radius 3 is 2.48 bits per heavy atom. The van der Waals surface area contributed by atoms with Crippen LogP contribution in [-0.4, -0.2) is 69.7 Å². The highest BCUT2D eigenvalue weighted by atomic mass is 16.8. The van der Waals surface area contributed by atoms with Crippen molar-refractivity contribution in [2.45, 2.75) is 81.9 Å². The second-order valence-electron chi connectivity index (χ2n) is 8.50. The molecule has 29 heavy (non-hydrogen) atoms. The number of epoxide rings is 1. The molecular weight excluding hydrogens is 388 g/mol. The molecule has 6 atom stereocenters. The highest BCUT2D eigenvalue weighted by Gasteiger charge is 2.78. The number of hydrogen-bond donors (Lipinski definition) is 2. The first-order valence-corrected chi connectivity index (χ1v) is 9.44. The van der Waals surface area contributed by atoms with Crippen LogP contribution >= 0.6 is 0 Å². The van der Waals surface area contributed by atoms with E-state index in [0.29, 0.717) is 6.42 Å². The number of carbonyl (C=O) groups is 3. The van der Waals surface area contributed by atoms with Crippen LogP contribution in [0.3, 0.4) is 0 Å². The second-order valence-corrected chi connectivity index (χ2v) is 8.50. The Morgan fingerprint density at radius 2 is 1.86 bits per heavy atom. The summed E-state index contributed by atoms with van der Waals surface area (Å²) in [5.41, 5.74) is -2.70. The summed E-state index contributed by atoms with van der Waals surface area (Å²) in [7, 11) is 0. The maximum absolute atomic E-state index is 12.6. The molecule has 4 heterocycles. The minimum absolute atomic E-state index is 0.0826. The minimum Gasteiger partial charge on any atom is -0.461 e. The van der Waals surface area contributed by atoms with Crippen molar-refractivity contribution in [3.63, 3.8) is 0 Å². The quantitative estimate of drug-likeness (QED) is 0.365. The molecule has 4 rings (SSSR count). The molecule has 4 aliphatic rings. The second kappa shape index (κ2) is 6.00. The molecule has 0 aromatic carbocycles. The molecule has 0 aliphatic carbocycles. The van der Waals surface area contributed by atoms with Crippen molar-refractivity contribution >= 4 is 17.9 Å². The predicted octanol–water partition coefficient (Wildman–Crippen LogP) is -0.158. The zero-order valence-electron chi connectivity index (χ0n) is 16.6. The van der Waals surface area contributed by atoms with Gasteiger partial charge in [0, 0.05) is 26.7 Å². The topological polar surface area (TPSA) is 141 Å². The van der Waals surface area contributed by atoms with Gasteiger partial charge in [0.2, 0.25) is 0 Å². The van der Waals surface area contributed by atoms with Gasteiger partial charge in [-0.3, -0.25) is 9.59 Å². The number of esters is 3.